The number of aliphatic hydroxyl groups is 4. The number of nitrogen functional groups attached to an aromatic ring is 1. The maximum atomic E-state index is 12.6. The fraction of sp³-hybridized carbons (Fsp3) is 0.667. The van der Waals surface area contributed by atoms with Crippen molar-refractivity contribution < 1.29 is 114 Å². The maximum Gasteiger partial charge on any atom is 0.526 e. The van der Waals surface area contributed by atoms with Gasteiger partial charge in [-0.1, -0.05) is 25.6 Å². The van der Waals surface area contributed by atoms with Gasteiger partial charge in [0, 0.05) is 37.1 Å². The van der Waals surface area contributed by atoms with Gasteiger partial charge in [0.2, 0.25) is 11.8 Å². The molecule has 2 aromatic rings. The summed E-state index contributed by atoms with van der Waals surface area (Å²) in [5.41, 5.74) is 4.23. The van der Waals surface area contributed by atoms with E-state index in [2.05, 4.69) is 38.9 Å². The van der Waals surface area contributed by atoms with E-state index in [1.807, 2.05) is 0 Å². The third-order valence-electron chi connectivity index (χ3n) is 7.62. The summed E-state index contributed by atoms with van der Waals surface area (Å²) in [6, 6.07) is 0. The number of ether oxygens (including phenoxy) is 1. The van der Waals surface area contributed by atoms with Crippen LogP contribution in [0.3, 0.4) is 0 Å². The minimum atomic E-state index is -5.57. The van der Waals surface area contributed by atoms with Gasteiger partial charge in [0.25, 0.3) is 0 Å². The number of nitrogens with zero attached hydrogens (tertiary/aromatic N) is 4. The molecule has 0 aliphatic carbocycles. The summed E-state index contributed by atoms with van der Waals surface area (Å²) in [7, 11) is -21.1. The summed E-state index contributed by atoms with van der Waals surface area (Å²) >= 11 is 0.935. The van der Waals surface area contributed by atoms with Crippen LogP contribution in [0.1, 0.15) is 39.3 Å². The van der Waals surface area contributed by atoms with Gasteiger partial charge in [-0.05, 0) is 0 Å². The van der Waals surface area contributed by atoms with E-state index >= 15 is 0 Å². The second-order valence-electron chi connectivity index (χ2n) is 13.2. The molecule has 2 amide bonds. The topological polar surface area (TPSA) is 488 Å². The van der Waals surface area contributed by atoms with Crippen LogP contribution in [0.15, 0.2) is 12.7 Å². The van der Waals surface area contributed by atoms with Crippen molar-refractivity contribution in [3.8, 4) is 0 Å². The standard InChI is InChI=1S/C24H40N7O18P3S.C3H7O6P/c1-24(2,19(36)22(37)27-5-3-14(33)26-6-8-53-15(34)4-7-32)10-46-52(43,44)49-51(41,42)45-9-13-18(48-50(38,39)40)17(35)23(47-13)31-12-30-16-20(25)28-11-29-21(16)31;4-2-1-3(5)9-10(6,7)8/h11-13,17-19,23,32,35-36H,3-10H2,1-2H3,(H,26,33)(H,27,37)(H,41,42)(H,43,44)(H2,25,28,29)(H2,38,39,40);4H,1-2H2,(H2,6,7,8)/t13-,17-,18-,19+,23-;/m1./s1. The van der Waals surface area contributed by atoms with Gasteiger partial charge in [0.1, 0.15) is 36.3 Å². The zero-order valence-electron chi connectivity index (χ0n) is 32.9. The predicted octanol–water partition coefficient (Wildman–Crippen LogP) is -2.95. The summed E-state index contributed by atoms with van der Waals surface area (Å²) in [6.45, 7) is -0.399. The number of hydrogen-bond donors (Lipinski definition) is 13. The molecule has 1 aliphatic heterocycles. The van der Waals surface area contributed by atoms with E-state index in [1.54, 1.807) is 0 Å². The van der Waals surface area contributed by atoms with E-state index in [4.69, 9.17) is 39.5 Å². The van der Waals surface area contributed by atoms with Gasteiger partial charge in [-0.25, -0.2) is 33.2 Å². The molecule has 0 aromatic carbocycles. The van der Waals surface area contributed by atoms with Gasteiger partial charge >= 0.3 is 37.3 Å². The molecule has 2 aromatic heterocycles. The first-order valence-electron chi connectivity index (χ1n) is 17.6. The number of aromatic nitrogens is 4. The first-order chi connectivity index (χ1) is 29.0. The second-order valence-corrected chi connectivity index (χ2v) is 19.7. The number of thioether (sulfide) groups is 1. The van der Waals surface area contributed by atoms with Crippen molar-refractivity contribution in [3.63, 3.8) is 0 Å². The van der Waals surface area contributed by atoms with Gasteiger partial charge in [0.15, 0.2) is 22.8 Å². The Morgan fingerprint density at radius 3 is 2.16 bits per heavy atom. The maximum absolute atomic E-state index is 12.6. The summed E-state index contributed by atoms with van der Waals surface area (Å²) < 4.78 is 75.3. The molecule has 0 spiro atoms. The van der Waals surface area contributed by atoms with E-state index in [-0.39, 0.29) is 60.4 Å². The number of amides is 2. The third kappa shape index (κ3) is 20.0. The largest absolute Gasteiger partial charge is 0.526 e. The number of hydrogen-bond acceptors (Lipinski definition) is 23. The van der Waals surface area contributed by atoms with Crippen molar-refractivity contribution in [3.05, 3.63) is 12.7 Å². The molecule has 1 fully saturated rings. The molecule has 0 bridgehead atoms. The van der Waals surface area contributed by atoms with Gasteiger partial charge in [-0.15, -0.1) is 0 Å². The van der Waals surface area contributed by atoms with Crippen molar-refractivity contribution in [1.82, 2.24) is 30.2 Å². The highest BCUT2D eigenvalue weighted by Gasteiger charge is 2.50. The molecule has 0 saturated carbocycles. The summed E-state index contributed by atoms with van der Waals surface area (Å²) in [4.78, 5) is 113. The smallest absolute Gasteiger partial charge is 0.396 e. The Balaban J connectivity index is 0.00000121. The second kappa shape index (κ2) is 24.6. The molecule has 3 rings (SSSR count). The molecule has 1 aliphatic rings. The molecule has 2 unspecified atom stereocenters. The number of fused-ring (bicyclic) bond motifs is 1. The minimum Gasteiger partial charge on any atom is -0.396 e. The van der Waals surface area contributed by atoms with Gasteiger partial charge in [0.05, 0.1) is 39.2 Å². The highest BCUT2D eigenvalue weighted by molar-refractivity contribution is 8.13. The lowest BCUT2D eigenvalue weighted by Gasteiger charge is -2.30. The molecular weight excluding hydrogens is 962 g/mol. The summed E-state index contributed by atoms with van der Waals surface area (Å²) in [5, 5.41) is 42.7. The molecule has 0 radical (unpaired) electrons. The molecule has 360 valence electrons. The van der Waals surface area contributed by atoms with Crippen LogP contribution in [0.5, 0.6) is 0 Å². The van der Waals surface area contributed by atoms with Crippen molar-refractivity contribution in [2.24, 2.45) is 5.41 Å². The number of rotatable bonds is 24. The number of aliphatic hydroxyl groups excluding tert-OH is 4. The normalized spacial score (nSPS) is 20.4. The highest BCUT2D eigenvalue weighted by Crippen LogP contribution is 2.61. The molecule has 1 saturated heterocycles. The van der Waals surface area contributed by atoms with Gasteiger partial charge in [-0.3, -0.25) is 47.1 Å². The lowest BCUT2D eigenvalue weighted by molar-refractivity contribution is -0.137. The molecular formula is C27H47N7O24P4S. The van der Waals surface area contributed by atoms with Crippen LogP contribution in [0.4, 0.5) is 5.82 Å². The number of imidazole rings is 1. The Hall–Kier alpha value is -2.90. The van der Waals surface area contributed by atoms with Gasteiger partial charge in [-0.2, -0.15) is 4.31 Å². The van der Waals surface area contributed by atoms with E-state index in [0.717, 1.165) is 29.0 Å². The number of carbonyl (C=O) groups excluding carboxylic acids is 4. The van der Waals surface area contributed by atoms with E-state index in [9.17, 15) is 67.2 Å². The summed E-state index contributed by atoms with van der Waals surface area (Å²) in [6.07, 6.45) is -7.40. The van der Waals surface area contributed by atoms with Crippen LogP contribution in [-0.2, 0) is 64.6 Å². The monoisotopic (exact) mass is 1010 g/mol. The highest BCUT2D eigenvalue weighted by atomic mass is 32.2. The Morgan fingerprint density at radius 1 is 0.921 bits per heavy atom. The minimum absolute atomic E-state index is 0.0134. The first-order valence-corrected chi connectivity index (χ1v) is 24.6. The number of carbonyl (C=O) groups is 4. The number of phosphoric acid groups is 4. The van der Waals surface area contributed by atoms with Gasteiger partial charge < -0.3 is 65.6 Å². The first kappa shape index (κ1) is 56.2. The average Bonchev–Trinajstić information content (AvgIpc) is 3.71. The molecule has 7 atom stereocenters. The number of nitrogens with two attached hydrogens (primary N) is 1. The van der Waals surface area contributed by atoms with Crippen molar-refractivity contribution in [1.29, 1.82) is 0 Å². The lowest BCUT2D eigenvalue weighted by Crippen LogP contribution is -2.46. The lowest BCUT2D eigenvalue weighted by atomic mass is 9.87. The average molecular weight is 1010 g/mol. The van der Waals surface area contributed by atoms with Crippen LogP contribution in [0.2, 0.25) is 0 Å². The number of anilines is 1. The third-order valence-corrected chi connectivity index (χ3v) is 12.1. The molecule has 31 nitrogen and oxygen atoms in total. The fourth-order valence-electron chi connectivity index (χ4n) is 4.73. The van der Waals surface area contributed by atoms with E-state index < -0.39 is 111 Å². The van der Waals surface area contributed by atoms with E-state index in [1.165, 1.54) is 13.8 Å². The Bertz CT molecular complexity index is 2070. The zero-order chi connectivity index (χ0) is 48.0. The fourth-order valence-corrected chi connectivity index (χ4v) is 8.58. The molecule has 63 heavy (non-hydrogen) atoms. The predicted molar refractivity (Wildman–Crippen MR) is 209 cm³/mol. The van der Waals surface area contributed by atoms with Crippen molar-refractivity contribution >= 4 is 82.9 Å². The van der Waals surface area contributed by atoms with E-state index in [0.29, 0.717) is 0 Å². The van der Waals surface area contributed by atoms with Crippen LogP contribution in [0.25, 0.3) is 11.2 Å². The molecule has 14 N–H and O–H groups in total. The van der Waals surface area contributed by atoms with Crippen molar-refractivity contribution in [2.45, 2.75) is 63.8 Å². The Kier molecular flexibility index (Phi) is 21.9. The van der Waals surface area contributed by atoms with Crippen molar-refractivity contribution in [2.75, 3.05) is 51.0 Å². The summed E-state index contributed by atoms with van der Waals surface area (Å²) in [5.74, 6) is -2.36. The molecule has 3 heterocycles. The van der Waals surface area contributed by atoms with Crippen LogP contribution >= 0.6 is 43.1 Å². The van der Waals surface area contributed by atoms with Crippen LogP contribution in [-0.4, -0.2) is 162 Å². The molecule has 36 heteroatoms. The quantitative estimate of drug-likeness (QED) is 0.0369. The zero-order valence-corrected chi connectivity index (χ0v) is 37.3. The SMILES string of the molecule is CC(C)(COP(=O)(O)OP(=O)(O)OC[C@H]1O[C@@H](n2cnc3c(N)ncnc32)[C@H](O)[C@@H]1OP(=O)(O)O)[C@@H](O)C(=O)NCCC(=O)NCCSC(=O)CCO.O=C(CCO)OP(=O)(O)O. The number of nitrogens with one attached hydrogen (secondary N) is 2. The van der Waals surface area contributed by atoms with Crippen LogP contribution < -0.4 is 16.4 Å². The van der Waals surface area contributed by atoms with Crippen LogP contribution in [0, 0.1) is 5.41 Å². The Morgan fingerprint density at radius 2 is 1.56 bits per heavy atom. The Labute approximate surface area is 359 Å². The number of phosphoric ester groups is 4.